The zero-order valence-corrected chi connectivity index (χ0v) is 25.7. The Kier molecular flexibility index (Phi) is 6.16. The van der Waals surface area contributed by atoms with Crippen LogP contribution in [0.1, 0.15) is 32.8 Å². The third-order valence-corrected chi connectivity index (χ3v) is 8.91. The van der Waals surface area contributed by atoms with Crippen molar-refractivity contribution in [3.8, 4) is 33.6 Å². The minimum absolute atomic E-state index is 0.165. The molecule has 10 nitrogen and oxygen atoms in total. The molecule has 0 radical (unpaired) electrons. The fraction of sp³-hybridized carbons (Fsp3) is 0.286. The number of hydrogen-bond acceptors (Lipinski definition) is 7. The Morgan fingerprint density at radius 3 is 2.58 bits per heavy atom. The Bertz CT molecular complexity index is 2080. The van der Waals surface area contributed by atoms with Crippen LogP contribution in [0.5, 0.6) is 0 Å². The number of likely N-dealkylation sites (tertiary alicyclic amines) is 1. The van der Waals surface area contributed by atoms with Crippen LogP contribution in [0.2, 0.25) is 0 Å². The summed E-state index contributed by atoms with van der Waals surface area (Å²) in [6, 6.07) is 19.2. The second kappa shape index (κ2) is 10.2. The minimum atomic E-state index is -0.495. The summed E-state index contributed by atoms with van der Waals surface area (Å²) in [5, 5.41) is 13.6. The molecule has 2 aliphatic heterocycles. The molecule has 45 heavy (non-hydrogen) atoms. The number of H-pyrrole nitrogens is 1. The maximum absolute atomic E-state index is 12.8. The van der Waals surface area contributed by atoms with Crippen LogP contribution in [0.15, 0.2) is 79.4 Å². The van der Waals surface area contributed by atoms with E-state index in [0.29, 0.717) is 6.54 Å². The quantitative estimate of drug-likeness (QED) is 0.247. The van der Waals surface area contributed by atoms with Crippen LogP contribution in [-0.2, 0) is 4.74 Å². The maximum Gasteiger partial charge on any atom is 0.410 e. The van der Waals surface area contributed by atoms with E-state index < -0.39 is 5.60 Å². The van der Waals surface area contributed by atoms with Crippen LogP contribution in [0, 0.1) is 6.92 Å². The first-order valence-corrected chi connectivity index (χ1v) is 15.3. The number of nitrogens with zero attached hydrogens (tertiary/aromatic N) is 7. The third-order valence-electron chi connectivity index (χ3n) is 8.91. The Morgan fingerprint density at radius 1 is 0.978 bits per heavy atom. The number of piperazine rings is 1. The molecule has 1 amide bonds. The van der Waals surface area contributed by atoms with Crippen molar-refractivity contribution in [2.45, 2.75) is 51.8 Å². The van der Waals surface area contributed by atoms with Gasteiger partial charge in [0.1, 0.15) is 11.3 Å². The van der Waals surface area contributed by atoms with Crippen LogP contribution in [0.25, 0.3) is 50.2 Å². The Balaban J connectivity index is 1.17. The van der Waals surface area contributed by atoms with Gasteiger partial charge in [-0.15, -0.1) is 0 Å². The number of nitrogens with one attached hydrogen (secondary N) is 1. The van der Waals surface area contributed by atoms with Gasteiger partial charge in [-0.3, -0.25) is 10.1 Å². The molecule has 2 aliphatic rings. The number of aromatic nitrogens is 6. The minimum Gasteiger partial charge on any atom is -0.444 e. The number of rotatable bonds is 4. The van der Waals surface area contributed by atoms with Crippen molar-refractivity contribution in [3.63, 3.8) is 0 Å². The van der Waals surface area contributed by atoms with Crippen molar-refractivity contribution in [3.05, 3.63) is 84.9 Å². The van der Waals surface area contributed by atoms with E-state index in [-0.39, 0.29) is 18.2 Å². The summed E-state index contributed by atoms with van der Waals surface area (Å²) in [5.74, 6) is 0. The second-order valence-corrected chi connectivity index (χ2v) is 13.0. The number of carbonyl (C=O) groups excluding carboxylic acids is 1. The van der Waals surface area contributed by atoms with E-state index in [9.17, 15) is 4.79 Å². The summed E-state index contributed by atoms with van der Waals surface area (Å²) in [5.41, 5.74) is 9.37. The lowest BCUT2D eigenvalue weighted by molar-refractivity contribution is 0.0214. The number of hydrogen-bond donors (Lipinski definition) is 1. The molecule has 4 aromatic heterocycles. The van der Waals surface area contributed by atoms with Crippen molar-refractivity contribution in [2.75, 3.05) is 18.0 Å². The summed E-state index contributed by atoms with van der Waals surface area (Å²) in [6.45, 7) is 9.37. The summed E-state index contributed by atoms with van der Waals surface area (Å²) < 4.78 is 7.63. The average Bonchev–Trinajstić information content (AvgIpc) is 3.83. The van der Waals surface area contributed by atoms with E-state index in [0.717, 1.165) is 68.7 Å². The number of aryl methyl sites for hydroxylation is 1. The normalized spacial score (nSPS) is 18.0. The van der Waals surface area contributed by atoms with Crippen molar-refractivity contribution < 1.29 is 9.53 Å². The molecule has 0 spiro atoms. The predicted octanol–water partition coefficient (Wildman–Crippen LogP) is 6.51. The first kappa shape index (κ1) is 27.3. The molecular formula is C35H34N8O2. The topological polar surface area (TPSA) is 105 Å². The van der Waals surface area contributed by atoms with Crippen molar-refractivity contribution in [1.29, 1.82) is 0 Å². The number of fused-ring (bicyclic) bond motifs is 4. The highest BCUT2D eigenvalue weighted by atomic mass is 16.6. The molecular weight excluding hydrogens is 564 g/mol. The number of carbonyl (C=O) groups is 1. The number of amides is 1. The lowest BCUT2D eigenvalue weighted by Gasteiger charge is -2.36. The average molecular weight is 599 g/mol. The molecule has 0 aliphatic carbocycles. The predicted molar refractivity (Wildman–Crippen MR) is 174 cm³/mol. The second-order valence-electron chi connectivity index (χ2n) is 13.0. The van der Waals surface area contributed by atoms with Gasteiger partial charge < -0.3 is 14.5 Å². The summed E-state index contributed by atoms with van der Waals surface area (Å²) >= 11 is 0. The van der Waals surface area contributed by atoms with E-state index in [1.807, 2.05) is 72.9 Å². The molecule has 2 aromatic carbocycles. The molecule has 0 unspecified atom stereocenters. The fourth-order valence-corrected chi connectivity index (χ4v) is 6.94. The van der Waals surface area contributed by atoms with E-state index in [2.05, 4.69) is 51.3 Å². The van der Waals surface area contributed by atoms with Crippen molar-refractivity contribution in [2.24, 2.45) is 0 Å². The zero-order valence-electron chi connectivity index (χ0n) is 25.7. The molecule has 2 fully saturated rings. The molecule has 0 saturated carbocycles. The van der Waals surface area contributed by atoms with Crippen molar-refractivity contribution >= 4 is 28.3 Å². The van der Waals surface area contributed by atoms with Crippen LogP contribution in [0.3, 0.4) is 0 Å². The van der Waals surface area contributed by atoms with Gasteiger partial charge in [0.25, 0.3) is 0 Å². The van der Waals surface area contributed by atoms with Crippen LogP contribution < -0.4 is 4.90 Å². The molecule has 6 aromatic rings. The highest BCUT2D eigenvalue weighted by molar-refractivity contribution is 6.03. The SMILES string of the molecule is Cc1cc(N2C[C@@H]3C[C@H]2CN3C(=O)OC(C)(C)C)ccc1-c1ccnc2c(-c3cccc4[nH]ncc34)c(-c3ccncc3)nn12. The number of pyridine rings is 1. The zero-order chi connectivity index (χ0) is 30.9. The Labute approximate surface area is 260 Å². The lowest BCUT2D eigenvalue weighted by atomic mass is 9.99. The van der Waals surface area contributed by atoms with Crippen LogP contribution >= 0.6 is 0 Å². The molecule has 6 heterocycles. The van der Waals surface area contributed by atoms with Gasteiger partial charge in [-0.2, -0.15) is 10.2 Å². The third kappa shape index (κ3) is 4.59. The monoisotopic (exact) mass is 598 g/mol. The molecule has 2 bridgehead atoms. The van der Waals surface area contributed by atoms with E-state index in [4.69, 9.17) is 14.8 Å². The fourth-order valence-electron chi connectivity index (χ4n) is 6.94. The van der Waals surface area contributed by atoms with Gasteiger partial charge in [0.15, 0.2) is 5.65 Å². The molecule has 1 N–H and O–H groups in total. The van der Waals surface area contributed by atoms with Gasteiger partial charge in [-0.1, -0.05) is 18.2 Å². The van der Waals surface area contributed by atoms with Crippen LogP contribution in [-0.4, -0.2) is 71.5 Å². The highest BCUT2D eigenvalue weighted by Gasteiger charge is 2.46. The number of anilines is 1. The number of benzene rings is 2. The molecule has 10 heteroatoms. The largest absolute Gasteiger partial charge is 0.444 e. The highest BCUT2D eigenvalue weighted by Crippen LogP contribution is 2.40. The Hall–Kier alpha value is -5.25. The maximum atomic E-state index is 12.8. The van der Waals surface area contributed by atoms with Gasteiger partial charge in [-0.05, 0) is 81.6 Å². The van der Waals surface area contributed by atoms with Gasteiger partial charge in [0.2, 0.25) is 0 Å². The molecule has 2 atom stereocenters. The molecule has 226 valence electrons. The lowest BCUT2D eigenvalue weighted by Crippen LogP contribution is -2.50. The smallest absolute Gasteiger partial charge is 0.410 e. The van der Waals surface area contributed by atoms with Gasteiger partial charge >= 0.3 is 6.09 Å². The number of ether oxygens (including phenoxy) is 1. The summed E-state index contributed by atoms with van der Waals surface area (Å²) in [7, 11) is 0. The Morgan fingerprint density at radius 2 is 1.82 bits per heavy atom. The van der Waals surface area contributed by atoms with Crippen LogP contribution in [0.4, 0.5) is 10.5 Å². The molecule has 2 saturated heterocycles. The first-order chi connectivity index (χ1) is 21.7. The van der Waals surface area contributed by atoms with Gasteiger partial charge in [-0.25, -0.2) is 14.3 Å². The molecule has 8 rings (SSSR count). The van der Waals surface area contributed by atoms with Crippen molar-refractivity contribution in [1.82, 2.24) is 34.7 Å². The van der Waals surface area contributed by atoms with E-state index >= 15 is 0 Å². The first-order valence-electron chi connectivity index (χ1n) is 15.3. The van der Waals surface area contributed by atoms with E-state index in [1.165, 1.54) is 5.69 Å². The standard InChI is InChI=1S/C35H34N8O2/c1-21-16-23(41-19-25-17-24(41)20-42(25)34(44)45-35(2,3)4)8-9-26(21)30-12-15-37-33-31(27-6-5-7-29-28(27)18-38-39-29)32(40-43(30)33)22-10-13-36-14-11-22/h5-16,18,24-25H,17,19-20H2,1-4H3,(H,38,39)/t24-,25-/m0/s1. The summed E-state index contributed by atoms with van der Waals surface area (Å²) in [6.07, 6.45) is 8.04. The van der Waals surface area contributed by atoms with E-state index in [1.54, 1.807) is 12.4 Å². The number of aromatic amines is 1. The van der Waals surface area contributed by atoms with Gasteiger partial charge in [0, 0.05) is 59.9 Å². The van der Waals surface area contributed by atoms with Gasteiger partial charge in [0.05, 0.1) is 29.0 Å². The summed E-state index contributed by atoms with van der Waals surface area (Å²) in [4.78, 5) is 26.2.